The van der Waals surface area contributed by atoms with E-state index in [0.717, 1.165) is 12.8 Å². The van der Waals surface area contributed by atoms with Crippen molar-refractivity contribution in [3.63, 3.8) is 0 Å². The van der Waals surface area contributed by atoms with Gasteiger partial charge in [0, 0.05) is 5.57 Å². The zero-order valence-electron chi connectivity index (χ0n) is 7.00. The normalized spacial score (nSPS) is 30.2. The molecule has 2 heteroatoms. The third-order valence-electron chi connectivity index (χ3n) is 2.61. The number of hydrogen-bond donors (Lipinski definition) is 1. The van der Waals surface area contributed by atoms with Crippen molar-refractivity contribution in [3.05, 3.63) is 11.6 Å². The zero-order valence-corrected chi connectivity index (χ0v) is 7.00. The summed E-state index contributed by atoms with van der Waals surface area (Å²) in [5.41, 5.74) is 0.608. The number of aliphatic carboxylic acids is 1. The number of carboxylic acids is 1. The van der Waals surface area contributed by atoms with Crippen molar-refractivity contribution in [2.24, 2.45) is 11.8 Å². The standard InChI is InChI=1S/C9H14O2/c1-3-7-4-5-8(6(7)2)9(10)11/h5-7H,3-4H2,1-2H3,(H,10,11)/t6-,7+/m0/s1. The number of carboxylic acid groups (broad SMARTS) is 1. The van der Waals surface area contributed by atoms with E-state index in [2.05, 4.69) is 6.92 Å². The molecule has 1 rings (SSSR count). The van der Waals surface area contributed by atoms with Gasteiger partial charge >= 0.3 is 5.97 Å². The Morgan fingerprint density at radius 3 is 2.73 bits per heavy atom. The van der Waals surface area contributed by atoms with Crippen molar-refractivity contribution in [2.45, 2.75) is 26.7 Å². The molecule has 2 atom stereocenters. The maximum absolute atomic E-state index is 10.6. The highest BCUT2D eigenvalue weighted by molar-refractivity contribution is 5.87. The molecule has 2 nitrogen and oxygen atoms in total. The van der Waals surface area contributed by atoms with E-state index >= 15 is 0 Å². The topological polar surface area (TPSA) is 37.3 Å². The molecule has 0 saturated heterocycles. The largest absolute Gasteiger partial charge is 0.478 e. The van der Waals surface area contributed by atoms with Crippen LogP contribution in [0.15, 0.2) is 11.6 Å². The van der Waals surface area contributed by atoms with Gasteiger partial charge in [-0.15, -0.1) is 0 Å². The molecule has 0 aromatic heterocycles. The second kappa shape index (κ2) is 3.07. The van der Waals surface area contributed by atoms with E-state index in [1.807, 2.05) is 13.0 Å². The van der Waals surface area contributed by atoms with Gasteiger partial charge in [-0.25, -0.2) is 4.79 Å². The van der Waals surface area contributed by atoms with Crippen molar-refractivity contribution in [1.29, 1.82) is 0 Å². The van der Waals surface area contributed by atoms with Gasteiger partial charge < -0.3 is 5.11 Å². The number of rotatable bonds is 2. The minimum atomic E-state index is -0.742. The summed E-state index contributed by atoms with van der Waals surface area (Å²) in [5, 5.41) is 8.73. The molecule has 11 heavy (non-hydrogen) atoms. The lowest BCUT2D eigenvalue weighted by atomic mass is 9.91. The molecule has 62 valence electrons. The van der Waals surface area contributed by atoms with E-state index in [0.29, 0.717) is 11.5 Å². The molecule has 0 heterocycles. The van der Waals surface area contributed by atoms with Gasteiger partial charge in [0.05, 0.1) is 0 Å². The number of carbonyl (C=O) groups is 1. The summed E-state index contributed by atoms with van der Waals surface area (Å²) in [6.45, 7) is 4.11. The molecule has 0 fully saturated rings. The Morgan fingerprint density at radius 1 is 1.82 bits per heavy atom. The third kappa shape index (κ3) is 1.44. The monoisotopic (exact) mass is 154 g/mol. The summed E-state index contributed by atoms with van der Waals surface area (Å²) in [7, 11) is 0. The van der Waals surface area contributed by atoms with Crippen molar-refractivity contribution >= 4 is 5.97 Å². The zero-order chi connectivity index (χ0) is 8.43. The highest BCUT2D eigenvalue weighted by atomic mass is 16.4. The van der Waals surface area contributed by atoms with Crippen LogP contribution in [0, 0.1) is 11.8 Å². The number of hydrogen-bond acceptors (Lipinski definition) is 1. The van der Waals surface area contributed by atoms with Gasteiger partial charge in [0.2, 0.25) is 0 Å². The van der Waals surface area contributed by atoms with Crippen LogP contribution in [-0.4, -0.2) is 11.1 Å². The van der Waals surface area contributed by atoms with E-state index in [1.54, 1.807) is 0 Å². The van der Waals surface area contributed by atoms with Gasteiger partial charge in [-0.1, -0.05) is 26.3 Å². The molecular formula is C9H14O2. The van der Waals surface area contributed by atoms with Gasteiger partial charge in [0.1, 0.15) is 0 Å². The Morgan fingerprint density at radius 2 is 2.45 bits per heavy atom. The Hall–Kier alpha value is -0.790. The van der Waals surface area contributed by atoms with E-state index in [-0.39, 0.29) is 5.92 Å². The summed E-state index contributed by atoms with van der Waals surface area (Å²) >= 11 is 0. The summed E-state index contributed by atoms with van der Waals surface area (Å²) in [6.07, 6.45) is 3.88. The smallest absolute Gasteiger partial charge is 0.331 e. The van der Waals surface area contributed by atoms with E-state index in [1.165, 1.54) is 0 Å². The van der Waals surface area contributed by atoms with Crippen LogP contribution in [0.1, 0.15) is 26.7 Å². The van der Waals surface area contributed by atoms with Crippen molar-refractivity contribution in [1.82, 2.24) is 0 Å². The first-order chi connectivity index (χ1) is 5.16. The second-order valence-electron chi connectivity index (χ2n) is 3.16. The minimum Gasteiger partial charge on any atom is -0.478 e. The molecule has 0 aliphatic heterocycles. The van der Waals surface area contributed by atoms with Crippen LogP contribution in [0.3, 0.4) is 0 Å². The predicted molar refractivity (Wildman–Crippen MR) is 43.3 cm³/mol. The molecule has 0 aromatic rings. The first-order valence-electron chi connectivity index (χ1n) is 4.10. The molecule has 0 radical (unpaired) electrons. The Kier molecular flexibility index (Phi) is 2.32. The van der Waals surface area contributed by atoms with Crippen molar-refractivity contribution in [2.75, 3.05) is 0 Å². The molecule has 0 bridgehead atoms. The molecule has 0 unspecified atom stereocenters. The minimum absolute atomic E-state index is 0.248. The molecule has 1 aliphatic rings. The fourth-order valence-electron chi connectivity index (χ4n) is 1.72. The van der Waals surface area contributed by atoms with Gasteiger partial charge in [0.15, 0.2) is 0 Å². The van der Waals surface area contributed by atoms with Crippen LogP contribution >= 0.6 is 0 Å². The van der Waals surface area contributed by atoms with Gasteiger partial charge in [0.25, 0.3) is 0 Å². The van der Waals surface area contributed by atoms with Crippen LogP contribution in [-0.2, 0) is 4.79 Å². The lowest BCUT2D eigenvalue weighted by molar-refractivity contribution is -0.133. The molecule has 0 saturated carbocycles. The van der Waals surface area contributed by atoms with Crippen molar-refractivity contribution in [3.8, 4) is 0 Å². The first kappa shape index (κ1) is 8.31. The van der Waals surface area contributed by atoms with Crippen LogP contribution in [0.25, 0.3) is 0 Å². The average molecular weight is 154 g/mol. The summed E-state index contributed by atoms with van der Waals surface area (Å²) in [6, 6.07) is 0. The van der Waals surface area contributed by atoms with Gasteiger partial charge in [-0.05, 0) is 18.3 Å². The molecule has 1 aliphatic carbocycles. The quantitative estimate of drug-likeness (QED) is 0.661. The Bertz CT molecular complexity index is 194. The average Bonchev–Trinajstić information content (AvgIpc) is 2.30. The van der Waals surface area contributed by atoms with E-state index < -0.39 is 5.97 Å². The SMILES string of the molecule is CC[C@@H]1CC=C(C(=O)O)[C@H]1C. The number of allylic oxidation sites excluding steroid dienone is 1. The third-order valence-corrected chi connectivity index (χ3v) is 2.61. The molecule has 0 amide bonds. The fraction of sp³-hybridized carbons (Fsp3) is 0.667. The van der Waals surface area contributed by atoms with Crippen LogP contribution in [0.5, 0.6) is 0 Å². The van der Waals surface area contributed by atoms with Crippen LogP contribution in [0.2, 0.25) is 0 Å². The maximum atomic E-state index is 10.6. The predicted octanol–water partition coefficient (Wildman–Crippen LogP) is 2.06. The maximum Gasteiger partial charge on any atom is 0.331 e. The summed E-state index contributed by atoms with van der Waals surface area (Å²) in [5.74, 6) is 0.0621. The Balaban J connectivity index is 2.66. The van der Waals surface area contributed by atoms with Gasteiger partial charge in [-0.2, -0.15) is 0 Å². The first-order valence-corrected chi connectivity index (χ1v) is 4.10. The Labute approximate surface area is 66.9 Å². The molecule has 0 aromatic carbocycles. The lowest BCUT2D eigenvalue weighted by Crippen LogP contribution is -2.11. The fourth-order valence-corrected chi connectivity index (χ4v) is 1.72. The summed E-state index contributed by atoms with van der Waals surface area (Å²) < 4.78 is 0. The van der Waals surface area contributed by atoms with E-state index in [9.17, 15) is 4.79 Å². The van der Waals surface area contributed by atoms with Crippen molar-refractivity contribution < 1.29 is 9.90 Å². The lowest BCUT2D eigenvalue weighted by Gasteiger charge is -2.13. The molecule has 1 N–H and O–H groups in total. The van der Waals surface area contributed by atoms with Crippen LogP contribution in [0.4, 0.5) is 0 Å². The summed E-state index contributed by atoms with van der Waals surface area (Å²) in [4.78, 5) is 10.6. The second-order valence-corrected chi connectivity index (χ2v) is 3.16. The molecule has 0 spiro atoms. The van der Waals surface area contributed by atoms with E-state index in [4.69, 9.17) is 5.11 Å². The highest BCUT2D eigenvalue weighted by Gasteiger charge is 2.28. The highest BCUT2D eigenvalue weighted by Crippen LogP contribution is 2.33. The van der Waals surface area contributed by atoms with Gasteiger partial charge in [-0.3, -0.25) is 0 Å². The van der Waals surface area contributed by atoms with Crippen LogP contribution < -0.4 is 0 Å². The molecular weight excluding hydrogens is 140 g/mol.